The van der Waals surface area contributed by atoms with Gasteiger partial charge in [-0.3, -0.25) is 0 Å². The van der Waals surface area contributed by atoms with Crippen molar-refractivity contribution in [3.8, 4) is 0 Å². The zero-order valence-corrected chi connectivity index (χ0v) is 6.43. The average Bonchev–Trinajstić information content (AvgIpc) is 2.42. The number of halogens is 1. The molecule has 0 N–H and O–H groups in total. The zero-order chi connectivity index (χ0) is 6.97. The Morgan fingerprint density at radius 2 is 2.60 bits per heavy atom. The van der Waals surface area contributed by atoms with Gasteiger partial charge in [0.05, 0.1) is 11.6 Å². The van der Waals surface area contributed by atoms with E-state index in [9.17, 15) is 0 Å². The van der Waals surface area contributed by atoms with Gasteiger partial charge in [0.15, 0.2) is 0 Å². The van der Waals surface area contributed by atoms with Gasteiger partial charge in [-0.2, -0.15) is 0 Å². The van der Waals surface area contributed by atoms with E-state index in [0.29, 0.717) is 5.88 Å². The Balaban J connectivity index is 2.37. The highest BCUT2D eigenvalue weighted by Crippen LogP contribution is 2.14. The fourth-order valence-corrected chi connectivity index (χ4v) is 1.51. The molecule has 0 saturated carbocycles. The molecule has 1 aromatic rings. The highest BCUT2D eigenvalue weighted by atomic mass is 35.5. The first-order valence-electron chi connectivity index (χ1n) is 3.51. The number of rotatable bonds is 1. The second-order valence-electron chi connectivity index (χ2n) is 2.58. The van der Waals surface area contributed by atoms with Crippen LogP contribution in [0.2, 0.25) is 0 Å². The number of hydrogen-bond acceptors (Lipinski definition) is 1. The molecule has 0 amide bonds. The molecule has 0 aliphatic carbocycles. The van der Waals surface area contributed by atoms with Crippen LogP contribution >= 0.6 is 11.6 Å². The maximum atomic E-state index is 5.62. The second-order valence-corrected chi connectivity index (χ2v) is 2.85. The molecule has 54 valence electrons. The molecule has 0 aromatic carbocycles. The van der Waals surface area contributed by atoms with Crippen LogP contribution in [0.25, 0.3) is 0 Å². The number of imidazole rings is 1. The normalized spacial score (nSPS) is 15.7. The first-order valence-corrected chi connectivity index (χ1v) is 4.04. The number of nitrogens with zero attached hydrogens (tertiary/aromatic N) is 2. The fraction of sp³-hybridized carbons (Fsp3) is 0.571. The van der Waals surface area contributed by atoms with Crippen molar-refractivity contribution in [2.24, 2.45) is 0 Å². The minimum Gasteiger partial charge on any atom is -0.335 e. The van der Waals surface area contributed by atoms with Crippen LogP contribution in [0.1, 0.15) is 17.9 Å². The molecule has 10 heavy (non-hydrogen) atoms. The van der Waals surface area contributed by atoms with E-state index in [2.05, 4.69) is 15.7 Å². The summed E-state index contributed by atoms with van der Waals surface area (Å²) in [6.07, 6.45) is 4.41. The van der Waals surface area contributed by atoms with Gasteiger partial charge in [-0.15, -0.1) is 11.6 Å². The Morgan fingerprint density at radius 3 is 3.30 bits per heavy atom. The molecule has 1 aliphatic heterocycles. The van der Waals surface area contributed by atoms with Crippen molar-refractivity contribution < 1.29 is 0 Å². The molecule has 0 radical (unpaired) electrons. The summed E-state index contributed by atoms with van der Waals surface area (Å²) in [5.41, 5.74) is 1.01. The Kier molecular flexibility index (Phi) is 1.42. The van der Waals surface area contributed by atoms with E-state index in [4.69, 9.17) is 11.6 Å². The van der Waals surface area contributed by atoms with Gasteiger partial charge in [0.1, 0.15) is 5.82 Å². The first kappa shape index (κ1) is 6.23. The predicted molar refractivity (Wildman–Crippen MR) is 40.1 cm³/mol. The van der Waals surface area contributed by atoms with Gasteiger partial charge in [0.2, 0.25) is 0 Å². The van der Waals surface area contributed by atoms with E-state index in [1.165, 1.54) is 12.2 Å². The summed E-state index contributed by atoms with van der Waals surface area (Å²) in [5, 5.41) is 0. The topological polar surface area (TPSA) is 17.8 Å². The summed E-state index contributed by atoms with van der Waals surface area (Å²) in [6.45, 7) is 1.12. The molecule has 0 spiro atoms. The smallest absolute Gasteiger partial charge is 0.109 e. The SMILES string of the molecule is ClCc1cn2c(n1)CCC2. The van der Waals surface area contributed by atoms with E-state index in [1.807, 2.05) is 0 Å². The molecule has 1 aromatic heterocycles. The van der Waals surface area contributed by atoms with Crippen molar-refractivity contribution in [3.05, 3.63) is 17.7 Å². The molecular weight excluding hydrogens is 148 g/mol. The summed E-state index contributed by atoms with van der Waals surface area (Å²) in [5.74, 6) is 1.75. The van der Waals surface area contributed by atoms with E-state index in [-0.39, 0.29) is 0 Å². The van der Waals surface area contributed by atoms with Crippen molar-refractivity contribution >= 4 is 11.6 Å². The maximum Gasteiger partial charge on any atom is 0.109 e. The number of fused-ring (bicyclic) bond motifs is 1. The van der Waals surface area contributed by atoms with Gasteiger partial charge in [-0.05, 0) is 6.42 Å². The lowest BCUT2D eigenvalue weighted by molar-refractivity contribution is 0.748. The van der Waals surface area contributed by atoms with Gasteiger partial charge in [0, 0.05) is 19.2 Å². The van der Waals surface area contributed by atoms with Crippen LogP contribution in [0.5, 0.6) is 0 Å². The third-order valence-electron chi connectivity index (χ3n) is 1.85. The summed E-state index contributed by atoms with van der Waals surface area (Å²) < 4.78 is 2.19. The van der Waals surface area contributed by atoms with Crippen LogP contribution in [0.15, 0.2) is 6.20 Å². The maximum absolute atomic E-state index is 5.62. The quantitative estimate of drug-likeness (QED) is 0.565. The summed E-state index contributed by atoms with van der Waals surface area (Å²) >= 11 is 5.62. The number of aryl methyl sites for hydroxylation is 2. The minimum absolute atomic E-state index is 0.542. The van der Waals surface area contributed by atoms with Gasteiger partial charge in [0.25, 0.3) is 0 Å². The average molecular weight is 157 g/mol. The third-order valence-corrected chi connectivity index (χ3v) is 2.12. The third kappa shape index (κ3) is 0.833. The van der Waals surface area contributed by atoms with E-state index < -0.39 is 0 Å². The Labute approximate surface area is 64.8 Å². The lowest BCUT2D eigenvalue weighted by Gasteiger charge is -1.88. The summed E-state index contributed by atoms with van der Waals surface area (Å²) in [4.78, 5) is 4.34. The lowest BCUT2D eigenvalue weighted by Crippen LogP contribution is -1.87. The van der Waals surface area contributed by atoms with Crippen molar-refractivity contribution in [3.63, 3.8) is 0 Å². The molecule has 2 rings (SSSR count). The standard InChI is InChI=1S/C7H9ClN2/c8-4-6-5-10-3-1-2-7(10)9-6/h5H,1-4H2. The fourth-order valence-electron chi connectivity index (χ4n) is 1.38. The monoisotopic (exact) mass is 156 g/mol. The van der Waals surface area contributed by atoms with E-state index in [1.54, 1.807) is 0 Å². The zero-order valence-electron chi connectivity index (χ0n) is 5.68. The molecule has 0 saturated heterocycles. The first-order chi connectivity index (χ1) is 4.90. The molecule has 1 aliphatic rings. The van der Waals surface area contributed by atoms with Crippen LogP contribution in [0.3, 0.4) is 0 Å². The van der Waals surface area contributed by atoms with Crippen molar-refractivity contribution in [1.82, 2.24) is 9.55 Å². The Hall–Kier alpha value is -0.500. The molecule has 0 fully saturated rings. The lowest BCUT2D eigenvalue weighted by atomic mass is 10.4. The predicted octanol–water partition coefficient (Wildman–Crippen LogP) is 1.57. The van der Waals surface area contributed by atoms with Crippen molar-refractivity contribution in [2.75, 3.05) is 0 Å². The van der Waals surface area contributed by atoms with Crippen LogP contribution in [-0.2, 0) is 18.8 Å². The van der Waals surface area contributed by atoms with Gasteiger partial charge in [-0.1, -0.05) is 0 Å². The molecular formula is C7H9ClN2. The van der Waals surface area contributed by atoms with Crippen molar-refractivity contribution in [2.45, 2.75) is 25.3 Å². The Bertz CT molecular complexity index is 220. The molecule has 2 nitrogen and oxygen atoms in total. The van der Waals surface area contributed by atoms with Crippen LogP contribution in [0, 0.1) is 0 Å². The van der Waals surface area contributed by atoms with Gasteiger partial charge in [-0.25, -0.2) is 4.98 Å². The summed E-state index contributed by atoms with van der Waals surface area (Å²) in [7, 11) is 0. The molecule has 0 bridgehead atoms. The van der Waals surface area contributed by atoms with E-state index in [0.717, 1.165) is 18.7 Å². The molecule has 3 heteroatoms. The van der Waals surface area contributed by atoms with E-state index >= 15 is 0 Å². The highest BCUT2D eigenvalue weighted by Gasteiger charge is 2.12. The highest BCUT2D eigenvalue weighted by molar-refractivity contribution is 6.16. The molecule has 0 atom stereocenters. The molecule has 2 heterocycles. The largest absolute Gasteiger partial charge is 0.335 e. The van der Waals surface area contributed by atoms with Gasteiger partial charge < -0.3 is 4.57 Å². The number of aromatic nitrogens is 2. The molecule has 0 unspecified atom stereocenters. The van der Waals surface area contributed by atoms with Crippen LogP contribution < -0.4 is 0 Å². The minimum atomic E-state index is 0.542. The van der Waals surface area contributed by atoms with Crippen LogP contribution in [-0.4, -0.2) is 9.55 Å². The Morgan fingerprint density at radius 1 is 1.70 bits per heavy atom. The van der Waals surface area contributed by atoms with Gasteiger partial charge >= 0.3 is 0 Å². The number of alkyl halides is 1. The second kappa shape index (κ2) is 2.27. The van der Waals surface area contributed by atoms with Crippen LogP contribution in [0.4, 0.5) is 0 Å². The summed E-state index contributed by atoms with van der Waals surface area (Å²) in [6, 6.07) is 0. The number of hydrogen-bond donors (Lipinski definition) is 0. The van der Waals surface area contributed by atoms with Crippen molar-refractivity contribution in [1.29, 1.82) is 0 Å².